The number of aryl methyl sites for hydroxylation is 1. The molecule has 3 heterocycles. The normalized spacial score (nSPS) is 30.9. The Morgan fingerprint density at radius 1 is 1.22 bits per heavy atom. The Hall–Kier alpha value is -1.35. The van der Waals surface area contributed by atoms with Crippen molar-refractivity contribution in [3.63, 3.8) is 0 Å². The maximum absolute atomic E-state index is 12.0. The predicted octanol–water partition coefficient (Wildman–Crippen LogP) is 2.09. The molecule has 18 heavy (non-hydrogen) atoms. The first-order valence-corrected chi connectivity index (χ1v) is 6.91. The van der Waals surface area contributed by atoms with Gasteiger partial charge in [-0.15, -0.1) is 0 Å². The molecule has 3 heteroatoms. The van der Waals surface area contributed by atoms with Crippen LogP contribution in [0.1, 0.15) is 37.1 Å². The van der Waals surface area contributed by atoms with E-state index in [1.807, 2.05) is 0 Å². The molecule has 2 bridgehead atoms. The number of rotatable bonds is 2. The van der Waals surface area contributed by atoms with E-state index < -0.39 is 0 Å². The number of nitrogens with zero attached hydrogens (tertiary/aromatic N) is 1. The average molecular weight is 244 g/mol. The van der Waals surface area contributed by atoms with Crippen LogP contribution in [-0.2, 0) is 11.2 Å². The van der Waals surface area contributed by atoms with Crippen molar-refractivity contribution in [3.05, 3.63) is 35.4 Å². The molecule has 3 fully saturated rings. The smallest absolute Gasteiger partial charge is 0.224 e. The maximum atomic E-state index is 12.0. The minimum absolute atomic E-state index is 0.0795. The molecule has 0 radical (unpaired) electrons. The molecule has 96 valence electrons. The van der Waals surface area contributed by atoms with Gasteiger partial charge in [-0.3, -0.25) is 9.69 Å². The zero-order valence-corrected chi connectivity index (χ0v) is 10.9. The molecule has 1 atom stereocenters. The molecular formula is C15H20N2O. The molecule has 4 rings (SSSR count). The highest BCUT2D eigenvalue weighted by Crippen LogP contribution is 2.30. The first-order chi connectivity index (χ1) is 8.78. The summed E-state index contributed by atoms with van der Waals surface area (Å²) < 4.78 is 0. The lowest BCUT2D eigenvalue weighted by molar-refractivity contribution is -0.125. The van der Waals surface area contributed by atoms with Gasteiger partial charge < -0.3 is 5.32 Å². The fraction of sp³-hybridized carbons (Fsp3) is 0.533. The van der Waals surface area contributed by atoms with Gasteiger partial charge in [-0.25, -0.2) is 0 Å². The SMILES string of the molecule is CCc1ccc([C@H]2NC(=O)C3CCN2CC3)cc1. The second-order valence-electron chi connectivity index (χ2n) is 5.32. The van der Waals surface area contributed by atoms with Crippen molar-refractivity contribution in [2.24, 2.45) is 5.92 Å². The van der Waals surface area contributed by atoms with Crippen LogP contribution in [0.15, 0.2) is 24.3 Å². The molecule has 0 saturated carbocycles. The fourth-order valence-electron chi connectivity index (χ4n) is 2.99. The Labute approximate surface area is 108 Å². The number of piperidine rings is 1. The summed E-state index contributed by atoms with van der Waals surface area (Å²) in [5, 5.41) is 3.18. The summed E-state index contributed by atoms with van der Waals surface area (Å²) in [4.78, 5) is 14.4. The largest absolute Gasteiger partial charge is 0.336 e. The Bertz CT molecular complexity index is 432. The zero-order chi connectivity index (χ0) is 12.5. The van der Waals surface area contributed by atoms with Crippen LogP contribution in [0, 0.1) is 5.92 Å². The summed E-state index contributed by atoms with van der Waals surface area (Å²) in [5.74, 6) is 0.473. The quantitative estimate of drug-likeness (QED) is 0.864. The second-order valence-corrected chi connectivity index (χ2v) is 5.32. The standard InChI is InChI=1S/C15H20N2O/c1-2-11-3-5-12(6-4-11)14-16-15(18)13-7-9-17(14)10-8-13/h3-6,13-14H,2,7-10H2,1H3,(H,16,18)/t14-/m0/s1. The van der Waals surface area contributed by atoms with Gasteiger partial charge in [-0.05, 0) is 30.4 Å². The fourth-order valence-corrected chi connectivity index (χ4v) is 2.99. The summed E-state index contributed by atoms with van der Waals surface area (Å²) in [7, 11) is 0. The van der Waals surface area contributed by atoms with E-state index in [2.05, 4.69) is 41.4 Å². The highest BCUT2D eigenvalue weighted by Gasteiger charge is 2.35. The molecule has 1 N–H and O–H groups in total. The van der Waals surface area contributed by atoms with Gasteiger partial charge in [-0.1, -0.05) is 31.2 Å². The maximum Gasteiger partial charge on any atom is 0.224 e. The molecule has 3 aliphatic heterocycles. The molecule has 0 unspecified atom stereocenters. The topological polar surface area (TPSA) is 32.3 Å². The zero-order valence-electron chi connectivity index (χ0n) is 10.9. The number of benzene rings is 1. The lowest BCUT2D eigenvalue weighted by atomic mass is 9.97. The van der Waals surface area contributed by atoms with E-state index >= 15 is 0 Å². The summed E-state index contributed by atoms with van der Waals surface area (Å²) >= 11 is 0. The van der Waals surface area contributed by atoms with Crippen LogP contribution in [0.2, 0.25) is 0 Å². The van der Waals surface area contributed by atoms with Crippen LogP contribution >= 0.6 is 0 Å². The number of carbonyl (C=O) groups is 1. The van der Waals surface area contributed by atoms with E-state index in [1.165, 1.54) is 11.1 Å². The van der Waals surface area contributed by atoms with Gasteiger partial charge >= 0.3 is 0 Å². The molecule has 0 aromatic heterocycles. The summed E-state index contributed by atoms with van der Waals surface area (Å²) in [6, 6.07) is 8.64. The molecule has 3 saturated heterocycles. The van der Waals surface area contributed by atoms with E-state index in [-0.39, 0.29) is 18.0 Å². The van der Waals surface area contributed by atoms with Gasteiger partial charge in [0.25, 0.3) is 0 Å². The lowest BCUT2D eigenvalue weighted by Crippen LogP contribution is -2.37. The molecule has 1 amide bonds. The number of hydrogen-bond donors (Lipinski definition) is 1. The third kappa shape index (κ3) is 2.03. The van der Waals surface area contributed by atoms with Crippen molar-refractivity contribution >= 4 is 5.91 Å². The third-order valence-electron chi connectivity index (χ3n) is 4.25. The van der Waals surface area contributed by atoms with Crippen LogP contribution in [0.25, 0.3) is 0 Å². The second kappa shape index (κ2) is 4.73. The van der Waals surface area contributed by atoms with Crippen LogP contribution in [0.3, 0.4) is 0 Å². The van der Waals surface area contributed by atoms with Crippen LogP contribution in [0.5, 0.6) is 0 Å². The van der Waals surface area contributed by atoms with E-state index in [1.54, 1.807) is 0 Å². The van der Waals surface area contributed by atoms with E-state index in [0.29, 0.717) is 0 Å². The monoisotopic (exact) mass is 244 g/mol. The number of nitrogens with one attached hydrogen (secondary N) is 1. The Balaban J connectivity index is 1.87. The molecule has 3 nitrogen and oxygen atoms in total. The van der Waals surface area contributed by atoms with Crippen LogP contribution in [-0.4, -0.2) is 23.9 Å². The average Bonchev–Trinajstić information content (AvgIpc) is 2.69. The van der Waals surface area contributed by atoms with Crippen molar-refractivity contribution in [1.82, 2.24) is 10.2 Å². The predicted molar refractivity (Wildman–Crippen MR) is 71.0 cm³/mol. The Morgan fingerprint density at radius 2 is 1.89 bits per heavy atom. The minimum Gasteiger partial charge on any atom is -0.336 e. The number of amides is 1. The number of carbonyl (C=O) groups excluding carboxylic acids is 1. The van der Waals surface area contributed by atoms with E-state index in [0.717, 1.165) is 32.4 Å². The van der Waals surface area contributed by atoms with Crippen molar-refractivity contribution < 1.29 is 4.79 Å². The lowest BCUT2D eigenvalue weighted by Gasteiger charge is -2.31. The summed E-state index contributed by atoms with van der Waals surface area (Å²) in [6.07, 6.45) is 3.16. The highest BCUT2D eigenvalue weighted by atomic mass is 16.2. The van der Waals surface area contributed by atoms with E-state index in [4.69, 9.17) is 0 Å². The summed E-state index contributed by atoms with van der Waals surface area (Å²) in [6.45, 7) is 4.22. The molecule has 0 aliphatic carbocycles. The van der Waals surface area contributed by atoms with Gasteiger partial charge in [0.1, 0.15) is 6.17 Å². The van der Waals surface area contributed by atoms with Gasteiger partial charge in [-0.2, -0.15) is 0 Å². The Morgan fingerprint density at radius 3 is 2.50 bits per heavy atom. The van der Waals surface area contributed by atoms with Crippen LogP contribution in [0.4, 0.5) is 0 Å². The van der Waals surface area contributed by atoms with Crippen molar-refractivity contribution in [2.75, 3.05) is 13.1 Å². The summed E-state index contributed by atoms with van der Waals surface area (Å²) in [5.41, 5.74) is 2.56. The van der Waals surface area contributed by atoms with Crippen molar-refractivity contribution in [3.8, 4) is 0 Å². The van der Waals surface area contributed by atoms with Gasteiger partial charge in [0, 0.05) is 19.0 Å². The highest BCUT2D eigenvalue weighted by molar-refractivity contribution is 5.79. The molecular weight excluding hydrogens is 224 g/mol. The van der Waals surface area contributed by atoms with Crippen molar-refractivity contribution in [2.45, 2.75) is 32.4 Å². The first kappa shape index (κ1) is 11.7. The van der Waals surface area contributed by atoms with Gasteiger partial charge in [0.05, 0.1) is 0 Å². The molecule has 1 aromatic carbocycles. The Kier molecular flexibility index (Phi) is 3.08. The van der Waals surface area contributed by atoms with Crippen molar-refractivity contribution in [1.29, 1.82) is 0 Å². The number of hydrogen-bond acceptors (Lipinski definition) is 2. The van der Waals surface area contributed by atoms with Gasteiger partial charge in [0.2, 0.25) is 5.91 Å². The van der Waals surface area contributed by atoms with Gasteiger partial charge in [0.15, 0.2) is 0 Å². The minimum atomic E-state index is 0.0795. The first-order valence-electron chi connectivity index (χ1n) is 6.91. The molecule has 1 aromatic rings. The molecule has 3 aliphatic rings. The van der Waals surface area contributed by atoms with E-state index in [9.17, 15) is 4.79 Å². The third-order valence-corrected chi connectivity index (χ3v) is 4.25. The number of fused-ring (bicyclic) bond motifs is 4. The molecule has 0 spiro atoms. The van der Waals surface area contributed by atoms with Crippen LogP contribution < -0.4 is 5.32 Å².